The number of aliphatic imine (C=N–C) groups is 1. The molecule has 2 rings (SSSR count). The van der Waals surface area contributed by atoms with E-state index in [2.05, 4.69) is 50.7 Å². The van der Waals surface area contributed by atoms with Gasteiger partial charge in [-0.05, 0) is 35.7 Å². The van der Waals surface area contributed by atoms with E-state index in [4.69, 9.17) is 0 Å². The first kappa shape index (κ1) is 17.5. The molecule has 2 aromatic rings. The highest BCUT2D eigenvalue weighted by molar-refractivity contribution is 14.0. The number of guanidine groups is 1. The van der Waals surface area contributed by atoms with E-state index in [1.807, 2.05) is 7.05 Å². The SMILES string of the molecule is CN=C(NCCc1cccs1)NCCc1cccs1.I. The Balaban J connectivity index is 0.00000200. The Morgan fingerprint density at radius 3 is 1.85 bits per heavy atom. The van der Waals surface area contributed by atoms with E-state index < -0.39 is 0 Å². The van der Waals surface area contributed by atoms with E-state index in [0.29, 0.717) is 0 Å². The fourth-order valence-electron chi connectivity index (χ4n) is 1.74. The molecule has 0 saturated carbocycles. The summed E-state index contributed by atoms with van der Waals surface area (Å²) in [5, 5.41) is 10.9. The lowest BCUT2D eigenvalue weighted by Gasteiger charge is -2.10. The molecule has 0 amide bonds. The van der Waals surface area contributed by atoms with Crippen molar-refractivity contribution in [2.45, 2.75) is 12.8 Å². The summed E-state index contributed by atoms with van der Waals surface area (Å²) in [6.07, 6.45) is 2.09. The van der Waals surface area contributed by atoms with E-state index in [9.17, 15) is 0 Å². The molecule has 20 heavy (non-hydrogen) atoms. The Kier molecular flexibility index (Phi) is 8.88. The summed E-state index contributed by atoms with van der Waals surface area (Å²) in [5.74, 6) is 0.883. The monoisotopic (exact) mass is 421 g/mol. The summed E-state index contributed by atoms with van der Waals surface area (Å²) in [6.45, 7) is 1.83. The molecule has 0 aliphatic carbocycles. The minimum Gasteiger partial charge on any atom is -0.356 e. The van der Waals surface area contributed by atoms with E-state index in [-0.39, 0.29) is 24.0 Å². The number of nitrogens with zero attached hydrogens (tertiary/aromatic N) is 1. The van der Waals surface area contributed by atoms with Gasteiger partial charge >= 0.3 is 0 Å². The molecular formula is C14H20IN3S2. The Morgan fingerprint density at radius 2 is 1.50 bits per heavy atom. The van der Waals surface area contributed by atoms with Crippen molar-refractivity contribution >= 4 is 52.6 Å². The lowest BCUT2D eigenvalue weighted by molar-refractivity contribution is 0.791. The van der Waals surface area contributed by atoms with E-state index in [0.717, 1.165) is 31.9 Å². The summed E-state index contributed by atoms with van der Waals surface area (Å²) >= 11 is 3.60. The van der Waals surface area contributed by atoms with Gasteiger partial charge in [-0.3, -0.25) is 4.99 Å². The molecule has 6 heteroatoms. The van der Waals surface area contributed by atoms with Crippen LogP contribution in [0.15, 0.2) is 40.0 Å². The topological polar surface area (TPSA) is 36.4 Å². The summed E-state index contributed by atoms with van der Waals surface area (Å²) < 4.78 is 0. The van der Waals surface area contributed by atoms with Gasteiger partial charge in [-0.25, -0.2) is 0 Å². The van der Waals surface area contributed by atoms with Gasteiger partial charge in [-0.2, -0.15) is 0 Å². The van der Waals surface area contributed by atoms with E-state index in [1.54, 1.807) is 22.7 Å². The molecule has 0 atom stereocenters. The van der Waals surface area contributed by atoms with Crippen molar-refractivity contribution in [2.75, 3.05) is 20.1 Å². The molecule has 0 aromatic carbocycles. The van der Waals surface area contributed by atoms with Crippen molar-refractivity contribution in [3.05, 3.63) is 44.8 Å². The Bertz CT molecular complexity index is 438. The van der Waals surface area contributed by atoms with Crippen molar-refractivity contribution in [3.63, 3.8) is 0 Å². The fraction of sp³-hybridized carbons (Fsp3) is 0.357. The van der Waals surface area contributed by atoms with Crippen LogP contribution in [0.25, 0.3) is 0 Å². The van der Waals surface area contributed by atoms with Gasteiger partial charge in [0.25, 0.3) is 0 Å². The second-order valence-corrected chi connectivity index (χ2v) is 6.15. The fourth-order valence-corrected chi connectivity index (χ4v) is 3.16. The lowest BCUT2D eigenvalue weighted by atomic mass is 10.3. The van der Waals surface area contributed by atoms with Crippen LogP contribution in [0.2, 0.25) is 0 Å². The van der Waals surface area contributed by atoms with Crippen molar-refractivity contribution < 1.29 is 0 Å². The zero-order chi connectivity index (χ0) is 13.3. The molecule has 0 bridgehead atoms. The van der Waals surface area contributed by atoms with Crippen LogP contribution in [-0.4, -0.2) is 26.1 Å². The third-order valence-electron chi connectivity index (χ3n) is 2.71. The van der Waals surface area contributed by atoms with Crippen molar-refractivity contribution in [2.24, 2.45) is 4.99 Å². The largest absolute Gasteiger partial charge is 0.356 e. The Labute approximate surface area is 145 Å². The first-order valence-corrected chi connectivity index (χ1v) is 8.13. The zero-order valence-electron chi connectivity index (χ0n) is 11.5. The van der Waals surface area contributed by atoms with Crippen LogP contribution in [0.3, 0.4) is 0 Å². The van der Waals surface area contributed by atoms with Gasteiger partial charge in [0.15, 0.2) is 5.96 Å². The third-order valence-corrected chi connectivity index (χ3v) is 4.58. The molecule has 0 aliphatic heterocycles. The average Bonchev–Trinajstić information content (AvgIpc) is 3.10. The molecule has 0 saturated heterocycles. The molecule has 0 aliphatic rings. The second kappa shape index (κ2) is 10.2. The maximum atomic E-state index is 4.23. The number of hydrogen-bond acceptors (Lipinski definition) is 3. The van der Waals surface area contributed by atoms with Crippen molar-refractivity contribution in [3.8, 4) is 0 Å². The highest BCUT2D eigenvalue weighted by Gasteiger charge is 1.99. The van der Waals surface area contributed by atoms with E-state index >= 15 is 0 Å². The van der Waals surface area contributed by atoms with Crippen LogP contribution >= 0.6 is 46.7 Å². The maximum Gasteiger partial charge on any atom is 0.190 e. The van der Waals surface area contributed by atoms with Crippen LogP contribution in [0.4, 0.5) is 0 Å². The minimum absolute atomic E-state index is 0. The molecule has 0 fully saturated rings. The molecule has 0 spiro atoms. The summed E-state index contributed by atoms with van der Waals surface area (Å²) in [4.78, 5) is 7.04. The Morgan fingerprint density at radius 1 is 1.00 bits per heavy atom. The van der Waals surface area contributed by atoms with Crippen molar-refractivity contribution in [1.82, 2.24) is 10.6 Å². The zero-order valence-corrected chi connectivity index (χ0v) is 15.4. The molecule has 2 aromatic heterocycles. The first-order chi connectivity index (χ1) is 9.38. The average molecular weight is 421 g/mol. The van der Waals surface area contributed by atoms with Crippen LogP contribution < -0.4 is 10.6 Å². The minimum atomic E-state index is 0. The summed E-state index contributed by atoms with van der Waals surface area (Å²) in [6, 6.07) is 8.51. The smallest absolute Gasteiger partial charge is 0.190 e. The highest BCUT2D eigenvalue weighted by Crippen LogP contribution is 2.08. The molecule has 0 radical (unpaired) electrons. The van der Waals surface area contributed by atoms with Gasteiger partial charge in [-0.15, -0.1) is 46.7 Å². The van der Waals surface area contributed by atoms with Crippen molar-refractivity contribution in [1.29, 1.82) is 0 Å². The molecule has 2 heterocycles. The second-order valence-electron chi connectivity index (χ2n) is 4.08. The Hall–Kier alpha value is -0.600. The van der Waals surface area contributed by atoms with E-state index in [1.165, 1.54) is 9.75 Å². The first-order valence-electron chi connectivity index (χ1n) is 6.38. The number of nitrogens with one attached hydrogen (secondary N) is 2. The number of halogens is 1. The predicted molar refractivity (Wildman–Crippen MR) is 101 cm³/mol. The van der Waals surface area contributed by atoms with Crippen LogP contribution in [-0.2, 0) is 12.8 Å². The van der Waals surface area contributed by atoms with Gasteiger partial charge in [0, 0.05) is 29.9 Å². The van der Waals surface area contributed by atoms with Crippen LogP contribution in [0, 0.1) is 0 Å². The van der Waals surface area contributed by atoms with Gasteiger partial charge in [-0.1, -0.05) is 12.1 Å². The molecular weight excluding hydrogens is 401 g/mol. The molecule has 3 nitrogen and oxygen atoms in total. The quantitative estimate of drug-likeness (QED) is 0.426. The summed E-state index contributed by atoms with van der Waals surface area (Å²) in [7, 11) is 1.81. The predicted octanol–water partition coefficient (Wildman–Crippen LogP) is 3.38. The third kappa shape index (κ3) is 6.23. The molecule has 0 unspecified atom stereocenters. The highest BCUT2D eigenvalue weighted by atomic mass is 127. The molecule has 2 N–H and O–H groups in total. The summed E-state index contributed by atoms with van der Waals surface area (Å²) in [5.41, 5.74) is 0. The van der Waals surface area contributed by atoms with Gasteiger partial charge in [0.1, 0.15) is 0 Å². The van der Waals surface area contributed by atoms with Gasteiger partial charge < -0.3 is 10.6 Å². The maximum absolute atomic E-state index is 4.23. The molecule has 110 valence electrons. The standard InChI is InChI=1S/C14H19N3S2.HI/c1-15-14(16-8-6-12-4-2-10-18-12)17-9-7-13-5-3-11-19-13;/h2-5,10-11H,6-9H2,1H3,(H2,15,16,17);1H. The van der Waals surface area contributed by atoms with Gasteiger partial charge in [0.05, 0.1) is 0 Å². The lowest BCUT2D eigenvalue weighted by Crippen LogP contribution is -2.39. The normalized spacial score (nSPS) is 9.65. The van der Waals surface area contributed by atoms with Crippen LogP contribution in [0.1, 0.15) is 9.75 Å². The number of thiophene rings is 2. The van der Waals surface area contributed by atoms with Gasteiger partial charge in [0.2, 0.25) is 0 Å². The van der Waals surface area contributed by atoms with Crippen LogP contribution in [0.5, 0.6) is 0 Å². The number of hydrogen-bond donors (Lipinski definition) is 2. The number of rotatable bonds is 6.